The molecule has 4 aromatic rings. The van der Waals surface area contributed by atoms with Crippen molar-refractivity contribution < 1.29 is 19.4 Å². The number of benzene rings is 2. The van der Waals surface area contributed by atoms with Crippen LogP contribution in [0.5, 0.6) is 5.75 Å². The summed E-state index contributed by atoms with van der Waals surface area (Å²) in [6.07, 6.45) is 3.95. The monoisotopic (exact) mass is 458 g/mol. The van der Waals surface area contributed by atoms with E-state index < -0.39 is 11.5 Å². The first kappa shape index (κ1) is 21.4. The van der Waals surface area contributed by atoms with Crippen LogP contribution in [0.15, 0.2) is 65.6 Å². The number of anilines is 1. The highest BCUT2D eigenvalue weighted by molar-refractivity contribution is 6.01. The Morgan fingerprint density at radius 2 is 1.62 bits per heavy atom. The molecule has 2 aromatic heterocycles. The lowest BCUT2D eigenvalue weighted by atomic mass is 10.1. The zero-order valence-electron chi connectivity index (χ0n) is 18.5. The molecule has 9 nitrogen and oxygen atoms in total. The Kier molecular flexibility index (Phi) is 5.37. The number of ether oxygens (including phenoxy) is 1. The Hall–Kier alpha value is -4.40. The Labute approximate surface area is 194 Å². The number of amides is 1. The second-order valence-electron chi connectivity index (χ2n) is 8.04. The lowest BCUT2D eigenvalue weighted by Gasteiger charge is -2.26. The van der Waals surface area contributed by atoms with Crippen molar-refractivity contribution in [3.8, 4) is 17.1 Å². The Bertz CT molecular complexity index is 1450. The topological polar surface area (TPSA) is 107 Å². The summed E-state index contributed by atoms with van der Waals surface area (Å²) < 4.78 is 7.97. The van der Waals surface area contributed by atoms with E-state index in [0.717, 1.165) is 18.5 Å². The number of carbonyl (C=O) groups excluding carboxylic acids is 1. The SMILES string of the molecule is COc1ccc(-n2nc(C(=O)O)c3ccn(-c4ccc(N5CCCCC5=O)cc4)c(=O)c32)cc1. The van der Waals surface area contributed by atoms with Crippen molar-refractivity contribution in [2.75, 3.05) is 18.6 Å². The molecular weight excluding hydrogens is 436 g/mol. The smallest absolute Gasteiger partial charge is 0.357 e. The summed E-state index contributed by atoms with van der Waals surface area (Å²) in [5.41, 5.74) is 1.47. The van der Waals surface area contributed by atoms with E-state index in [1.54, 1.807) is 54.5 Å². The lowest BCUT2D eigenvalue weighted by Crippen LogP contribution is -2.35. The van der Waals surface area contributed by atoms with Gasteiger partial charge in [-0.3, -0.25) is 14.2 Å². The van der Waals surface area contributed by atoms with Crippen LogP contribution in [0.1, 0.15) is 29.8 Å². The van der Waals surface area contributed by atoms with Gasteiger partial charge in [0.05, 0.1) is 12.8 Å². The average Bonchev–Trinajstić information content (AvgIpc) is 3.26. The van der Waals surface area contributed by atoms with Gasteiger partial charge in [-0.25, -0.2) is 9.48 Å². The molecule has 1 aliphatic heterocycles. The molecule has 2 aromatic carbocycles. The van der Waals surface area contributed by atoms with Crippen LogP contribution in [-0.4, -0.2) is 45.0 Å². The first-order valence-corrected chi connectivity index (χ1v) is 10.9. The number of carboxylic acids is 1. The van der Waals surface area contributed by atoms with Gasteiger partial charge < -0.3 is 14.7 Å². The minimum atomic E-state index is -1.22. The molecule has 0 aliphatic carbocycles. The maximum absolute atomic E-state index is 13.5. The molecule has 1 fully saturated rings. The second kappa shape index (κ2) is 8.51. The second-order valence-corrected chi connectivity index (χ2v) is 8.04. The van der Waals surface area contributed by atoms with Gasteiger partial charge in [0.1, 0.15) is 11.3 Å². The summed E-state index contributed by atoms with van der Waals surface area (Å²) in [5, 5.41) is 14.1. The summed E-state index contributed by atoms with van der Waals surface area (Å²) in [7, 11) is 1.55. The summed E-state index contributed by atoms with van der Waals surface area (Å²) >= 11 is 0. The maximum atomic E-state index is 13.5. The summed E-state index contributed by atoms with van der Waals surface area (Å²) in [6.45, 7) is 0.684. The third kappa shape index (κ3) is 3.61. The number of methoxy groups -OCH3 is 1. The number of fused-ring (bicyclic) bond motifs is 1. The van der Waals surface area contributed by atoms with Crippen LogP contribution in [0.25, 0.3) is 22.3 Å². The number of aromatic nitrogens is 3. The van der Waals surface area contributed by atoms with E-state index in [1.165, 1.54) is 15.4 Å². The van der Waals surface area contributed by atoms with Gasteiger partial charge in [-0.15, -0.1) is 0 Å². The Balaban J connectivity index is 1.61. The van der Waals surface area contributed by atoms with Crippen LogP contribution in [0, 0.1) is 0 Å². The number of carbonyl (C=O) groups is 2. The van der Waals surface area contributed by atoms with Crippen LogP contribution in [0.4, 0.5) is 5.69 Å². The molecule has 1 N–H and O–H groups in total. The molecule has 0 spiro atoms. The van der Waals surface area contributed by atoms with Gasteiger partial charge in [0, 0.05) is 35.9 Å². The van der Waals surface area contributed by atoms with E-state index >= 15 is 0 Å². The molecule has 0 unspecified atom stereocenters. The van der Waals surface area contributed by atoms with E-state index in [4.69, 9.17) is 4.74 Å². The fourth-order valence-electron chi connectivity index (χ4n) is 4.27. The number of aromatic carboxylic acids is 1. The predicted octanol–water partition coefficient (Wildman–Crippen LogP) is 3.40. The standard InChI is InChI=1S/C25H22N4O5/c1-34-19-11-9-18(10-12-19)29-23-20(22(26-29)25(32)33)13-15-28(24(23)31)17-7-5-16(6-8-17)27-14-3-2-4-21(27)30/h5-13,15H,2-4,14H2,1H3,(H,32,33). The predicted molar refractivity (Wildman–Crippen MR) is 126 cm³/mol. The largest absolute Gasteiger partial charge is 0.497 e. The van der Waals surface area contributed by atoms with Crippen molar-refractivity contribution in [3.63, 3.8) is 0 Å². The fourth-order valence-corrected chi connectivity index (χ4v) is 4.27. The van der Waals surface area contributed by atoms with E-state index in [9.17, 15) is 19.5 Å². The van der Waals surface area contributed by atoms with Crippen LogP contribution >= 0.6 is 0 Å². The number of piperidine rings is 1. The van der Waals surface area contributed by atoms with Crippen molar-refractivity contribution in [3.05, 3.63) is 76.8 Å². The average molecular weight is 458 g/mol. The number of hydrogen-bond acceptors (Lipinski definition) is 5. The molecule has 34 heavy (non-hydrogen) atoms. The number of pyridine rings is 1. The third-order valence-electron chi connectivity index (χ3n) is 6.02. The fraction of sp³-hybridized carbons (Fsp3) is 0.200. The van der Waals surface area contributed by atoms with Crippen LogP contribution in [-0.2, 0) is 4.79 Å². The molecule has 1 saturated heterocycles. The molecule has 9 heteroatoms. The van der Waals surface area contributed by atoms with E-state index in [1.807, 2.05) is 12.1 Å². The Morgan fingerprint density at radius 3 is 2.26 bits per heavy atom. The molecule has 172 valence electrons. The molecule has 3 heterocycles. The van der Waals surface area contributed by atoms with E-state index in [2.05, 4.69) is 5.10 Å². The quantitative estimate of drug-likeness (QED) is 0.491. The van der Waals surface area contributed by atoms with E-state index in [0.29, 0.717) is 30.1 Å². The summed E-state index contributed by atoms with van der Waals surface area (Å²) in [5.74, 6) is -0.490. The number of nitrogens with zero attached hydrogens (tertiary/aromatic N) is 4. The molecular formula is C25H22N4O5. The summed E-state index contributed by atoms with van der Waals surface area (Å²) in [4.78, 5) is 39.3. The first-order valence-electron chi connectivity index (χ1n) is 10.9. The van der Waals surface area contributed by atoms with Crippen molar-refractivity contribution in [1.29, 1.82) is 0 Å². The van der Waals surface area contributed by atoms with Gasteiger partial charge in [-0.1, -0.05) is 0 Å². The number of carboxylic acid groups (broad SMARTS) is 1. The maximum Gasteiger partial charge on any atom is 0.357 e. The molecule has 5 rings (SSSR count). The Morgan fingerprint density at radius 1 is 0.941 bits per heavy atom. The zero-order chi connectivity index (χ0) is 23.8. The van der Waals surface area contributed by atoms with Gasteiger partial charge in [0.15, 0.2) is 5.69 Å². The molecule has 0 saturated carbocycles. The van der Waals surface area contributed by atoms with Crippen molar-refractivity contribution in [1.82, 2.24) is 14.3 Å². The number of rotatable bonds is 5. The van der Waals surface area contributed by atoms with Gasteiger partial charge in [0.2, 0.25) is 5.91 Å². The first-order chi connectivity index (χ1) is 16.5. The van der Waals surface area contributed by atoms with Gasteiger partial charge in [-0.05, 0) is 67.4 Å². The molecule has 1 amide bonds. The van der Waals surface area contributed by atoms with Gasteiger partial charge in [-0.2, -0.15) is 5.10 Å². The summed E-state index contributed by atoms with van der Waals surface area (Å²) in [6, 6.07) is 15.6. The minimum absolute atomic E-state index is 0.0992. The molecule has 0 bridgehead atoms. The molecule has 0 radical (unpaired) electrons. The van der Waals surface area contributed by atoms with Crippen molar-refractivity contribution >= 4 is 28.5 Å². The highest BCUT2D eigenvalue weighted by Gasteiger charge is 2.22. The number of hydrogen-bond donors (Lipinski definition) is 1. The molecule has 1 aliphatic rings. The van der Waals surface area contributed by atoms with Crippen molar-refractivity contribution in [2.24, 2.45) is 0 Å². The van der Waals surface area contributed by atoms with Crippen LogP contribution in [0.3, 0.4) is 0 Å². The van der Waals surface area contributed by atoms with Gasteiger partial charge >= 0.3 is 5.97 Å². The van der Waals surface area contributed by atoms with Crippen molar-refractivity contribution in [2.45, 2.75) is 19.3 Å². The van der Waals surface area contributed by atoms with Crippen LogP contribution in [0.2, 0.25) is 0 Å². The highest BCUT2D eigenvalue weighted by atomic mass is 16.5. The minimum Gasteiger partial charge on any atom is -0.497 e. The molecule has 0 atom stereocenters. The van der Waals surface area contributed by atoms with E-state index in [-0.39, 0.29) is 22.5 Å². The lowest BCUT2D eigenvalue weighted by molar-refractivity contribution is -0.119. The normalized spacial score (nSPS) is 13.9. The highest BCUT2D eigenvalue weighted by Crippen LogP contribution is 2.24. The van der Waals surface area contributed by atoms with Crippen LogP contribution < -0.4 is 15.2 Å². The third-order valence-corrected chi connectivity index (χ3v) is 6.02. The van der Waals surface area contributed by atoms with Gasteiger partial charge in [0.25, 0.3) is 5.56 Å². The zero-order valence-corrected chi connectivity index (χ0v) is 18.5.